The number of rotatable bonds is 5. The highest BCUT2D eigenvalue weighted by atomic mass is 16.4. The summed E-state index contributed by atoms with van der Waals surface area (Å²) in [6.45, 7) is 1.72. The molecule has 1 amide bonds. The van der Waals surface area contributed by atoms with Crippen LogP contribution in [0, 0.1) is 0 Å². The number of carbonyl (C=O) groups is 2. The van der Waals surface area contributed by atoms with E-state index in [9.17, 15) is 9.59 Å². The molecule has 86 valence electrons. The zero-order valence-corrected chi connectivity index (χ0v) is 9.43. The van der Waals surface area contributed by atoms with Crippen LogP contribution in [0.25, 0.3) is 0 Å². The molecular formula is C10H18N2O3. The van der Waals surface area contributed by atoms with Gasteiger partial charge >= 0.3 is 5.97 Å². The zero-order valence-electron chi connectivity index (χ0n) is 9.43. The van der Waals surface area contributed by atoms with E-state index in [0.717, 1.165) is 12.8 Å². The maximum atomic E-state index is 11.7. The van der Waals surface area contributed by atoms with Crippen molar-refractivity contribution in [3.05, 3.63) is 0 Å². The Bertz CT molecular complexity index is 261. The number of hydrogen-bond acceptors (Lipinski definition) is 3. The van der Waals surface area contributed by atoms with Crippen LogP contribution in [0.15, 0.2) is 0 Å². The van der Waals surface area contributed by atoms with Gasteiger partial charge in [-0.15, -0.1) is 0 Å². The molecule has 1 fully saturated rings. The van der Waals surface area contributed by atoms with E-state index in [2.05, 4.69) is 0 Å². The van der Waals surface area contributed by atoms with Crippen molar-refractivity contribution in [1.29, 1.82) is 0 Å². The average molecular weight is 214 g/mol. The van der Waals surface area contributed by atoms with E-state index in [0.29, 0.717) is 0 Å². The largest absolute Gasteiger partial charge is 0.480 e. The van der Waals surface area contributed by atoms with Crippen molar-refractivity contribution >= 4 is 11.9 Å². The van der Waals surface area contributed by atoms with Crippen LogP contribution < -0.4 is 0 Å². The van der Waals surface area contributed by atoms with Crippen LogP contribution in [-0.4, -0.2) is 59.5 Å². The molecule has 0 aromatic heterocycles. The van der Waals surface area contributed by atoms with Crippen LogP contribution in [0.4, 0.5) is 0 Å². The molecule has 1 atom stereocenters. The SMILES string of the molecule is CC(C(=O)N(C)C)N(CC(=O)O)C1CC1. The highest BCUT2D eigenvalue weighted by Gasteiger charge is 2.36. The maximum Gasteiger partial charge on any atom is 0.317 e. The Morgan fingerprint density at radius 1 is 1.40 bits per heavy atom. The van der Waals surface area contributed by atoms with Crippen LogP contribution in [0.2, 0.25) is 0 Å². The summed E-state index contributed by atoms with van der Waals surface area (Å²) in [6, 6.07) is -0.0661. The van der Waals surface area contributed by atoms with Gasteiger partial charge in [-0.3, -0.25) is 14.5 Å². The quantitative estimate of drug-likeness (QED) is 0.700. The Hall–Kier alpha value is -1.10. The molecule has 1 rings (SSSR count). The summed E-state index contributed by atoms with van der Waals surface area (Å²) in [4.78, 5) is 25.6. The molecule has 0 aliphatic heterocycles. The van der Waals surface area contributed by atoms with Gasteiger partial charge in [0.05, 0.1) is 12.6 Å². The predicted molar refractivity (Wildman–Crippen MR) is 55.5 cm³/mol. The van der Waals surface area contributed by atoms with Crippen LogP contribution in [0.3, 0.4) is 0 Å². The van der Waals surface area contributed by atoms with Crippen molar-refractivity contribution in [2.75, 3.05) is 20.6 Å². The molecule has 0 saturated heterocycles. The van der Waals surface area contributed by atoms with Gasteiger partial charge in [0.25, 0.3) is 0 Å². The summed E-state index contributed by atoms with van der Waals surface area (Å²) in [6.07, 6.45) is 2.00. The second-order valence-corrected chi connectivity index (χ2v) is 4.21. The molecule has 0 aromatic carbocycles. The third-order valence-corrected chi connectivity index (χ3v) is 2.63. The average Bonchev–Trinajstić information content (AvgIpc) is 2.94. The van der Waals surface area contributed by atoms with Crippen molar-refractivity contribution in [3.63, 3.8) is 0 Å². The lowest BCUT2D eigenvalue weighted by atomic mass is 10.2. The lowest BCUT2D eigenvalue weighted by Crippen LogP contribution is -2.47. The van der Waals surface area contributed by atoms with Gasteiger partial charge < -0.3 is 10.0 Å². The monoisotopic (exact) mass is 214 g/mol. The maximum absolute atomic E-state index is 11.7. The van der Waals surface area contributed by atoms with Crippen molar-refractivity contribution in [3.8, 4) is 0 Å². The van der Waals surface area contributed by atoms with Crippen LogP contribution >= 0.6 is 0 Å². The van der Waals surface area contributed by atoms with Crippen LogP contribution in [0.5, 0.6) is 0 Å². The first-order valence-electron chi connectivity index (χ1n) is 5.12. The molecule has 15 heavy (non-hydrogen) atoms. The zero-order chi connectivity index (χ0) is 11.6. The number of carboxylic acids is 1. The number of carbonyl (C=O) groups excluding carboxylic acids is 1. The Balaban J connectivity index is 2.62. The fourth-order valence-corrected chi connectivity index (χ4v) is 1.66. The molecular weight excluding hydrogens is 196 g/mol. The second kappa shape index (κ2) is 4.61. The first kappa shape index (κ1) is 12.0. The van der Waals surface area contributed by atoms with Gasteiger partial charge in [0.15, 0.2) is 0 Å². The summed E-state index contributed by atoms with van der Waals surface area (Å²) >= 11 is 0. The lowest BCUT2D eigenvalue weighted by molar-refractivity contribution is -0.141. The van der Waals surface area contributed by atoms with Gasteiger partial charge in [0.1, 0.15) is 0 Å². The molecule has 0 radical (unpaired) electrons. The summed E-state index contributed by atoms with van der Waals surface area (Å²) in [5.74, 6) is -0.913. The summed E-state index contributed by atoms with van der Waals surface area (Å²) < 4.78 is 0. The minimum atomic E-state index is -0.875. The number of hydrogen-bond donors (Lipinski definition) is 1. The highest BCUT2D eigenvalue weighted by Crippen LogP contribution is 2.28. The fourth-order valence-electron chi connectivity index (χ4n) is 1.66. The van der Waals surface area contributed by atoms with E-state index in [1.165, 1.54) is 4.90 Å². The fraction of sp³-hybridized carbons (Fsp3) is 0.800. The Morgan fingerprint density at radius 3 is 2.27 bits per heavy atom. The van der Waals surface area contributed by atoms with Crippen LogP contribution in [-0.2, 0) is 9.59 Å². The standard InChI is InChI=1S/C10H18N2O3/c1-7(10(15)11(2)3)12(6-9(13)14)8-4-5-8/h7-8H,4-6H2,1-3H3,(H,13,14). The van der Waals surface area contributed by atoms with E-state index >= 15 is 0 Å². The molecule has 1 aliphatic carbocycles. The summed E-state index contributed by atoms with van der Waals surface area (Å²) in [7, 11) is 3.37. The molecule has 0 aromatic rings. The van der Waals surface area contributed by atoms with E-state index in [1.54, 1.807) is 25.9 Å². The van der Waals surface area contributed by atoms with Crippen molar-refractivity contribution < 1.29 is 14.7 Å². The molecule has 1 saturated carbocycles. The highest BCUT2D eigenvalue weighted by molar-refractivity contribution is 5.81. The molecule has 5 heteroatoms. The molecule has 1 aliphatic rings. The number of amides is 1. The Kier molecular flexibility index (Phi) is 3.68. The number of likely N-dealkylation sites (N-methyl/N-ethyl adjacent to an activating group) is 1. The van der Waals surface area contributed by atoms with Gasteiger partial charge in [-0.25, -0.2) is 0 Å². The van der Waals surface area contributed by atoms with Crippen molar-refractivity contribution in [2.45, 2.75) is 31.8 Å². The van der Waals surface area contributed by atoms with E-state index in [4.69, 9.17) is 5.11 Å². The third-order valence-electron chi connectivity index (χ3n) is 2.63. The third kappa shape index (κ3) is 3.20. The topological polar surface area (TPSA) is 60.9 Å². The number of aliphatic carboxylic acids is 1. The molecule has 0 spiro atoms. The predicted octanol–water partition coefficient (Wildman–Crippen LogP) is 0.0121. The summed E-state index contributed by atoms with van der Waals surface area (Å²) in [5.41, 5.74) is 0. The molecule has 1 unspecified atom stereocenters. The Labute approximate surface area is 89.7 Å². The van der Waals surface area contributed by atoms with Gasteiger partial charge in [0, 0.05) is 20.1 Å². The first-order valence-corrected chi connectivity index (χ1v) is 5.12. The van der Waals surface area contributed by atoms with E-state index < -0.39 is 5.97 Å². The van der Waals surface area contributed by atoms with Gasteiger partial charge in [-0.05, 0) is 19.8 Å². The van der Waals surface area contributed by atoms with E-state index in [-0.39, 0.29) is 24.5 Å². The van der Waals surface area contributed by atoms with E-state index in [1.807, 2.05) is 0 Å². The van der Waals surface area contributed by atoms with Gasteiger partial charge in [0.2, 0.25) is 5.91 Å². The summed E-state index contributed by atoms with van der Waals surface area (Å²) in [5, 5.41) is 8.76. The van der Waals surface area contributed by atoms with Crippen LogP contribution in [0.1, 0.15) is 19.8 Å². The Morgan fingerprint density at radius 2 is 1.93 bits per heavy atom. The van der Waals surface area contributed by atoms with Gasteiger partial charge in [-0.2, -0.15) is 0 Å². The smallest absolute Gasteiger partial charge is 0.317 e. The number of nitrogens with zero attached hydrogens (tertiary/aromatic N) is 2. The van der Waals surface area contributed by atoms with Crippen molar-refractivity contribution in [1.82, 2.24) is 9.80 Å². The normalized spacial score (nSPS) is 17.6. The van der Waals surface area contributed by atoms with Gasteiger partial charge in [-0.1, -0.05) is 0 Å². The molecule has 1 N–H and O–H groups in total. The molecule has 0 bridgehead atoms. The first-order chi connectivity index (χ1) is 6.93. The molecule has 5 nitrogen and oxygen atoms in total. The lowest BCUT2D eigenvalue weighted by Gasteiger charge is -2.28. The minimum absolute atomic E-state index is 0.0387. The van der Waals surface area contributed by atoms with Crippen molar-refractivity contribution in [2.24, 2.45) is 0 Å². The number of carboxylic acid groups (broad SMARTS) is 1. The molecule has 0 heterocycles. The second-order valence-electron chi connectivity index (χ2n) is 4.21. The minimum Gasteiger partial charge on any atom is -0.480 e.